The van der Waals surface area contributed by atoms with E-state index in [-0.39, 0.29) is 0 Å². The number of nitrogens with zero attached hydrogens (tertiary/aromatic N) is 4. The molecule has 56 heavy (non-hydrogen) atoms. The predicted molar refractivity (Wildman–Crippen MR) is 232 cm³/mol. The first-order valence-electron chi connectivity index (χ1n) is 19.0. The monoisotopic (exact) mass is 714 g/mol. The smallest absolute Gasteiger partial charge is 0.145 e. The van der Waals surface area contributed by atoms with E-state index < -0.39 is 0 Å². The quantitative estimate of drug-likeness (QED) is 0.172. The molecule has 4 aromatic heterocycles. The number of fused-ring (bicyclic) bond motifs is 6. The standard InChI is InChI=1S/C52H34N4/c1-4-15-35(16-5-1)39-32-47(36-17-6-2-7-18-36)54-48(33-39)38-19-14-22-42(29-38)56-50-26-13-11-24-44(50)46-31-40(34-53-52(46)56)37-27-28-51-45(30-37)43-23-10-12-25-49(43)55(51)41-20-8-3-9-21-41/h1-34H. The summed E-state index contributed by atoms with van der Waals surface area (Å²) >= 11 is 0. The van der Waals surface area contributed by atoms with Gasteiger partial charge in [-0.1, -0.05) is 133 Å². The molecular weight excluding hydrogens is 681 g/mol. The molecule has 0 aliphatic rings. The maximum absolute atomic E-state index is 5.22. The van der Waals surface area contributed by atoms with Crippen molar-refractivity contribution >= 4 is 43.7 Å². The normalized spacial score (nSPS) is 11.6. The highest BCUT2D eigenvalue weighted by Gasteiger charge is 2.18. The minimum absolute atomic E-state index is 0.921. The van der Waals surface area contributed by atoms with Crippen LogP contribution in [-0.4, -0.2) is 19.1 Å². The molecule has 4 heterocycles. The van der Waals surface area contributed by atoms with Gasteiger partial charge in [-0.15, -0.1) is 0 Å². The van der Waals surface area contributed by atoms with Crippen LogP contribution in [0.1, 0.15) is 0 Å². The summed E-state index contributed by atoms with van der Waals surface area (Å²) in [5.41, 5.74) is 15.1. The molecule has 262 valence electrons. The third kappa shape index (κ3) is 5.31. The van der Waals surface area contributed by atoms with Crippen LogP contribution in [0.3, 0.4) is 0 Å². The molecule has 4 heteroatoms. The number of aromatic nitrogens is 4. The van der Waals surface area contributed by atoms with E-state index in [1.165, 1.54) is 27.2 Å². The van der Waals surface area contributed by atoms with Crippen LogP contribution in [0.4, 0.5) is 0 Å². The first-order valence-corrected chi connectivity index (χ1v) is 19.0. The molecule has 11 aromatic rings. The fourth-order valence-electron chi connectivity index (χ4n) is 8.31. The van der Waals surface area contributed by atoms with E-state index in [1.54, 1.807) is 0 Å². The Balaban J connectivity index is 1.05. The van der Waals surface area contributed by atoms with Crippen LogP contribution in [-0.2, 0) is 0 Å². The fraction of sp³-hybridized carbons (Fsp3) is 0. The van der Waals surface area contributed by atoms with Crippen molar-refractivity contribution in [2.45, 2.75) is 0 Å². The third-order valence-electron chi connectivity index (χ3n) is 10.9. The maximum Gasteiger partial charge on any atom is 0.145 e. The zero-order valence-corrected chi connectivity index (χ0v) is 30.4. The third-order valence-corrected chi connectivity index (χ3v) is 10.9. The van der Waals surface area contributed by atoms with Gasteiger partial charge in [0.15, 0.2) is 0 Å². The molecule has 0 N–H and O–H groups in total. The van der Waals surface area contributed by atoms with Crippen LogP contribution in [0.2, 0.25) is 0 Å². The summed E-state index contributed by atoms with van der Waals surface area (Å²) in [5, 5.41) is 4.74. The van der Waals surface area contributed by atoms with E-state index in [4.69, 9.17) is 9.97 Å². The minimum atomic E-state index is 0.921. The van der Waals surface area contributed by atoms with E-state index in [1.807, 2.05) is 12.3 Å². The van der Waals surface area contributed by atoms with Crippen molar-refractivity contribution in [3.8, 4) is 56.1 Å². The average molecular weight is 715 g/mol. The number of hydrogen-bond acceptors (Lipinski definition) is 2. The van der Waals surface area contributed by atoms with Crippen LogP contribution < -0.4 is 0 Å². The molecule has 4 nitrogen and oxygen atoms in total. The zero-order chi connectivity index (χ0) is 37.0. The van der Waals surface area contributed by atoms with Gasteiger partial charge in [-0.05, 0) is 83.4 Å². The summed E-state index contributed by atoms with van der Waals surface area (Å²) in [7, 11) is 0. The van der Waals surface area contributed by atoms with Crippen molar-refractivity contribution in [1.82, 2.24) is 19.1 Å². The average Bonchev–Trinajstić information content (AvgIpc) is 3.79. The summed E-state index contributed by atoms with van der Waals surface area (Å²) in [5.74, 6) is 0. The van der Waals surface area contributed by atoms with E-state index in [2.05, 4.69) is 203 Å². The second-order valence-electron chi connectivity index (χ2n) is 14.3. The molecule has 7 aromatic carbocycles. The number of rotatable bonds is 6. The summed E-state index contributed by atoms with van der Waals surface area (Å²) < 4.78 is 4.64. The van der Waals surface area contributed by atoms with E-state index in [0.29, 0.717) is 0 Å². The molecule has 0 spiro atoms. The van der Waals surface area contributed by atoms with Crippen molar-refractivity contribution in [1.29, 1.82) is 0 Å². The van der Waals surface area contributed by atoms with Crippen molar-refractivity contribution in [3.05, 3.63) is 206 Å². The molecule has 0 bridgehead atoms. The summed E-state index contributed by atoms with van der Waals surface area (Å²) in [6.45, 7) is 0. The van der Waals surface area contributed by atoms with Crippen LogP contribution >= 0.6 is 0 Å². The van der Waals surface area contributed by atoms with Gasteiger partial charge in [0.1, 0.15) is 5.65 Å². The van der Waals surface area contributed by atoms with Crippen LogP contribution in [0.5, 0.6) is 0 Å². The number of benzene rings is 7. The van der Waals surface area contributed by atoms with Gasteiger partial charge in [0.2, 0.25) is 0 Å². The lowest BCUT2D eigenvalue weighted by Crippen LogP contribution is -1.97. The summed E-state index contributed by atoms with van der Waals surface area (Å²) in [6, 6.07) is 71.0. The van der Waals surface area contributed by atoms with Crippen LogP contribution in [0.15, 0.2) is 206 Å². The fourth-order valence-corrected chi connectivity index (χ4v) is 8.31. The van der Waals surface area contributed by atoms with Gasteiger partial charge in [-0.25, -0.2) is 9.97 Å². The molecule has 0 unspecified atom stereocenters. The second kappa shape index (κ2) is 13.1. The van der Waals surface area contributed by atoms with Gasteiger partial charge >= 0.3 is 0 Å². The lowest BCUT2D eigenvalue weighted by atomic mass is 10.00. The Morgan fingerprint density at radius 2 is 0.857 bits per heavy atom. The summed E-state index contributed by atoms with van der Waals surface area (Å²) in [6.07, 6.45) is 2.02. The highest BCUT2D eigenvalue weighted by Crippen LogP contribution is 2.38. The maximum atomic E-state index is 5.22. The number of para-hydroxylation sites is 3. The minimum Gasteiger partial charge on any atom is -0.309 e. The van der Waals surface area contributed by atoms with Gasteiger partial charge in [-0.2, -0.15) is 0 Å². The molecule has 0 aliphatic carbocycles. The molecular formula is C52H34N4. The van der Waals surface area contributed by atoms with Crippen molar-refractivity contribution in [3.63, 3.8) is 0 Å². The second-order valence-corrected chi connectivity index (χ2v) is 14.3. The van der Waals surface area contributed by atoms with Gasteiger partial charge in [-0.3, -0.25) is 4.57 Å². The van der Waals surface area contributed by atoms with Gasteiger partial charge in [0.25, 0.3) is 0 Å². The lowest BCUT2D eigenvalue weighted by Gasteiger charge is -2.12. The first-order chi connectivity index (χ1) is 27.8. The van der Waals surface area contributed by atoms with E-state index >= 15 is 0 Å². The summed E-state index contributed by atoms with van der Waals surface area (Å²) in [4.78, 5) is 10.4. The Labute approximate surface area is 324 Å². The zero-order valence-electron chi connectivity index (χ0n) is 30.4. The Bertz CT molecular complexity index is 3170. The lowest BCUT2D eigenvalue weighted by molar-refractivity contribution is 1.13. The van der Waals surface area contributed by atoms with E-state index in [0.717, 1.165) is 72.7 Å². The van der Waals surface area contributed by atoms with Gasteiger partial charge in [0, 0.05) is 55.8 Å². The first kappa shape index (κ1) is 31.9. The largest absolute Gasteiger partial charge is 0.309 e. The molecule has 0 saturated carbocycles. The van der Waals surface area contributed by atoms with Gasteiger partial charge < -0.3 is 4.57 Å². The molecule has 0 saturated heterocycles. The Hall–Kier alpha value is -7.56. The Kier molecular flexibility index (Phi) is 7.46. The van der Waals surface area contributed by atoms with Crippen LogP contribution in [0, 0.1) is 0 Å². The Morgan fingerprint density at radius 3 is 1.61 bits per heavy atom. The Morgan fingerprint density at radius 1 is 0.304 bits per heavy atom. The molecule has 0 fully saturated rings. The molecule has 0 atom stereocenters. The highest BCUT2D eigenvalue weighted by atomic mass is 15.0. The number of pyridine rings is 2. The van der Waals surface area contributed by atoms with Crippen molar-refractivity contribution in [2.75, 3.05) is 0 Å². The SMILES string of the molecule is c1ccc(-c2cc(-c3ccccc3)nc(-c3cccc(-n4c5ccccc5c5cc(-c6ccc7c(c6)c6ccccc6n7-c6ccccc6)cnc54)c3)c2)cc1. The highest BCUT2D eigenvalue weighted by molar-refractivity contribution is 6.12. The van der Waals surface area contributed by atoms with Gasteiger partial charge in [0.05, 0.1) is 27.9 Å². The van der Waals surface area contributed by atoms with Crippen molar-refractivity contribution < 1.29 is 0 Å². The molecule has 0 aliphatic heterocycles. The predicted octanol–water partition coefficient (Wildman–Crippen LogP) is 13.3. The number of hydrogen-bond donors (Lipinski definition) is 0. The molecule has 0 amide bonds. The van der Waals surface area contributed by atoms with Crippen LogP contribution in [0.25, 0.3) is 99.9 Å². The topological polar surface area (TPSA) is 35.6 Å². The molecule has 11 rings (SSSR count). The molecule has 0 radical (unpaired) electrons. The van der Waals surface area contributed by atoms with E-state index in [9.17, 15) is 0 Å². The van der Waals surface area contributed by atoms with Crippen molar-refractivity contribution in [2.24, 2.45) is 0 Å².